The summed E-state index contributed by atoms with van der Waals surface area (Å²) >= 11 is 0. The fourth-order valence-electron chi connectivity index (χ4n) is 4.65. The van der Waals surface area contributed by atoms with Gasteiger partial charge in [0.15, 0.2) is 0 Å². The summed E-state index contributed by atoms with van der Waals surface area (Å²) in [5, 5.41) is 4.76. The minimum absolute atomic E-state index is 0.637. The van der Waals surface area contributed by atoms with Crippen molar-refractivity contribution < 1.29 is 0 Å². The Kier molecular flexibility index (Phi) is 6.26. The summed E-state index contributed by atoms with van der Waals surface area (Å²) in [6, 6.07) is 15.0. The second-order valence-electron chi connectivity index (χ2n) is 8.87. The lowest BCUT2D eigenvalue weighted by Crippen LogP contribution is -2.30. The summed E-state index contributed by atoms with van der Waals surface area (Å²) in [6.45, 7) is 5.25. The van der Waals surface area contributed by atoms with Gasteiger partial charge in [-0.15, -0.1) is 0 Å². The highest BCUT2D eigenvalue weighted by molar-refractivity contribution is 5.78. The smallest absolute Gasteiger partial charge is 0.133 e. The van der Waals surface area contributed by atoms with E-state index in [0.29, 0.717) is 12.3 Å². The zero-order valence-electron chi connectivity index (χ0n) is 19.4. The van der Waals surface area contributed by atoms with Gasteiger partial charge in [0.1, 0.15) is 11.5 Å². The number of likely N-dealkylation sites (tertiary alicyclic amines) is 1. The molecule has 6 nitrogen and oxygen atoms in total. The van der Waals surface area contributed by atoms with E-state index < -0.39 is 0 Å². The molecule has 1 fully saturated rings. The maximum atomic E-state index is 4.90. The molecule has 4 heterocycles. The van der Waals surface area contributed by atoms with Gasteiger partial charge in [-0.05, 0) is 68.6 Å². The van der Waals surface area contributed by atoms with Crippen molar-refractivity contribution >= 4 is 0 Å². The van der Waals surface area contributed by atoms with Gasteiger partial charge in [0.25, 0.3) is 0 Å². The Balaban J connectivity index is 1.38. The Morgan fingerprint density at radius 3 is 2.70 bits per heavy atom. The van der Waals surface area contributed by atoms with Crippen molar-refractivity contribution in [1.29, 1.82) is 0 Å². The van der Waals surface area contributed by atoms with Crippen LogP contribution in [0.15, 0.2) is 67.3 Å². The highest BCUT2D eigenvalue weighted by Gasteiger charge is 2.19. The number of hydrogen-bond acceptors (Lipinski definition) is 5. The first-order valence-corrected chi connectivity index (χ1v) is 11.8. The van der Waals surface area contributed by atoms with E-state index in [-0.39, 0.29) is 0 Å². The van der Waals surface area contributed by atoms with Gasteiger partial charge in [0, 0.05) is 55.4 Å². The minimum Gasteiger partial charge on any atom is -0.306 e. The van der Waals surface area contributed by atoms with Crippen molar-refractivity contribution in [2.45, 2.75) is 38.6 Å². The van der Waals surface area contributed by atoms with Crippen LogP contribution in [0.2, 0.25) is 0 Å². The van der Waals surface area contributed by atoms with Crippen LogP contribution in [-0.4, -0.2) is 49.8 Å². The number of benzene rings is 1. The molecule has 0 spiro atoms. The highest BCUT2D eigenvalue weighted by atomic mass is 15.3. The standard InChI is InChI=1S/C27H30N6/c1-3-33-19-24(27(31-33)22-6-4-13-28-17-22)25-12-14-29-26(30-25)16-20-8-10-21(11-9-20)23-7-5-15-32(2)18-23/h4,6,8-14,17,19,23H,3,5,7,15-16,18H2,1-2H3. The normalized spacial score (nSPS) is 16.7. The Hall–Kier alpha value is -3.38. The monoisotopic (exact) mass is 438 g/mol. The van der Waals surface area contributed by atoms with Crippen LogP contribution in [0.1, 0.15) is 42.6 Å². The predicted octanol–water partition coefficient (Wildman–Crippen LogP) is 4.82. The van der Waals surface area contributed by atoms with Crippen molar-refractivity contribution in [2.24, 2.45) is 0 Å². The molecule has 0 radical (unpaired) electrons. The molecule has 1 unspecified atom stereocenters. The van der Waals surface area contributed by atoms with Gasteiger partial charge in [-0.3, -0.25) is 9.67 Å². The molecule has 1 aliphatic rings. The lowest BCUT2D eigenvalue weighted by Gasteiger charge is -2.30. The molecule has 0 N–H and O–H groups in total. The van der Waals surface area contributed by atoms with Crippen LogP contribution in [0.25, 0.3) is 22.5 Å². The molecule has 1 aromatic carbocycles. The molecule has 1 atom stereocenters. The number of aromatic nitrogens is 5. The molecule has 4 aromatic rings. The second kappa shape index (κ2) is 9.63. The average Bonchev–Trinajstić information content (AvgIpc) is 3.30. The van der Waals surface area contributed by atoms with Crippen LogP contribution >= 0.6 is 0 Å². The number of hydrogen-bond donors (Lipinski definition) is 0. The fourth-order valence-corrected chi connectivity index (χ4v) is 4.65. The number of pyridine rings is 1. The maximum Gasteiger partial charge on any atom is 0.133 e. The number of likely N-dealkylation sites (N-methyl/N-ethyl adjacent to an activating group) is 1. The highest BCUT2D eigenvalue weighted by Crippen LogP contribution is 2.30. The third kappa shape index (κ3) is 4.86. The Morgan fingerprint density at radius 1 is 1.06 bits per heavy atom. The number of piperidine rings is 1. The van der Waals surface area contributed by atoms with E-state index in [0.717, 1.165) is 41.4 Å². The van der Waals surface area contributed by atoms with Crippen LogP contribution < -0.4 is 0 Å². The molecule has 6 heteroatoms. The first-order valence-electron chi connectivity index (χ1n) is 11.8. The van der Waals surface area contributed by atoms with Crippen molar-refractivity contribution in [3.8, 4) is 22.5 Å². The van der Waals surface area contributed by atoms with Gasteiger partial charge in [0.05, 0.1) is 5.69 Å². The molecular formula is C27H30N6. The van der Waals surface area contributed by atoms with Crippen LogP contribution in [0.4, 0.5) is 0 Å². The van der Waals surface area contributed by atoms with E-state index in [1.807, 2.05) is 35.3 Å². The molecular weight excluding hydrogens is 408 g/mol. The predicted molar refractivity (Wildman–Crippen MR) is 131 cm³/mol. The summed E-state index contributed by atoms with van der Waals surface area (Å²) < 4.78 is 1.95. The summed E-state index contributed by atoms with van der Waals surface area (Å²) in [7, 11) is 2.22. The second-order valence-corrected chi connectivity index (χ2v) is 8.87. The molecule has 33 heavy (non-hydrogen) atoms. The van der Waals surface area contributed by atoms with Gasteiger partial charge in [-0.25, -0.2) is 9.97 Å². The van der Waals surface area contributed by atoms with Gasteiger partial charge >= 0.3 is 0 Å². The molecule has 168 valence electrons. The van der Waals surface area contributed by atoms with Crippen molar-refractivity contribution in [2.75, 3.05) is 20.1 Å². The first-order chi connectivity index (χ1) is 16.2. The molecule has 1 aliphatic heterocycles. The van der Waals surface area contributed by atoms with Gasteiger partial charge in [-0.1, -0.05) is 24.3 Å². The van der Waals surface area contributed by atoms with Crippen molar-refractivity contribution in [1.82, 2.24) is 29.6 Å². The SMILES string of the molecule is CCn1cc(-c2ccnc(Cc3ccc(C4CCCN(C)C4)cc3)n2)c(-c2cccnc2)n1. The molecule has 0 saturated carbocycles. The van der Waals surface area contributed by atoms with E-state index in [1.54, 1.807) is 6.20 Å². The quantitative estimate of drug-likeness (QED) is 0.432. The van der Waals surface area contributed by atoms with Crippen LogP contribution in [0, 0.1) is 0 Å². The fraction of sp³-hybridized carbons (Fsp3) is 0.333. The van der Waals surface area contributed by atoms with E-state index in [1.165, 1.54) is 30.5 Å². The largest absolute Gasteiger partial charge is 0.306 e. The zero-order valence-corrected chi connectivity index (χ0v) is 19.4. The average molecular weight is 439 g/mol. The summed E-state index contributed by atoms with van der Waals surface area (Å²) in [5.41, 5.74) is 6.45. The third-order valence-electron chi connectivity index (χ3n) is 6.44. The first kappa shape index (κ1) is 21.5. The lowest BCUT2D eigenvalue weighted by atomic mass is 9.90. The van der Waals surface area contributed by atoms with E-state index in [2.05, 4.69) is 59.3 Å². The number of aryl methyl sites for hydroxylation is 1. The molecule has 0 bridgehead atoms. The number of nitrogens with zero attached hydrogens (tertiary/aromatic N) is 6. The number of rotatable bonds is 6. The van der Waals surface area contributed by atoms with Gasteiger partial charge in [-0.2, -0.15) is 5.10 Å². The van der Waals surface area contributed by atoms with Gasteiger partial charge < -0.3 is 4.90 Å². The third-order valence-corrected chi connectivity index (χ3v) is 6.44. The summed E-state index contributed by atoms with van der Waals surface area (Å²) in [6.07, 6.45) is 10.8. The molecule has 0 aliphatic carbocycles. The van der Waals surface area contributed by atoms with Crippen molar-refractivity contribution in [3.63, 3.8) is 0 Å². The Bertz CT molecular complexity index is 1200. The molecule has 0 amide bonds. The molecule has 5 rings (SSSR count). The molecule has 3 aromatic heterocycles. The van der Waals surface area contributed by atoms with E-state index >= 15 is 0 Å². The lowest BCUT2D eigenvalue weighted by molar-refractivity contribution is 0.251. The Labute approximate surface area is 195 Å². The minimum atomic E-state index is 0.637. The van der Waals surface area contributed by atoms with E-state index in [4.69, 9.17) is 10.1 Å². The maximum absolute atomic E-state index is 4.90. The summed E-state index contributed by atoms with van der Waals surface area (Å²) in [4.78, 5) is 16.2. The Morgan fingerprint density at radius 2 is 1.94 bits per heavy atom. The van der Waals surface area contributed by atoms with Crippen LogP contribution in [0.5, 0.6) is 0 Å². The van der Waals surface area contributed by atoms with Gasteiger partial charge in [0.2, 0.25) is 0 Å². The van der Waals surface area contributed by atoms with Crippen LogP contribution in [-0.2, 0) is 13.0 Å². The zero-order chi connectivity index (χ0) is 22.6. The van der Waals surface area contributed by atoms with Crippen molar-refractivity contribution in [3.05, 3.63) is 84.2 Å². The van der Waals surface area contributed by atoms with Crippen LogP contribution in [0.3, 0.4) is 0 Å². The molecule has 1 saturated heterocycles. The topological polar surface area (TPSA) is 59.7 Å². The summed E-state index contributed by atoms with van der Waals surface area (Å²) in [5.74, 6) is 1.46. The van der Waals surface area contributed by atoms with E-state index in [9.17, 15) is 0 Å².